The summed E-state index contributed by atoms with van der Waals surface area (Å²) in [6.07, 6.45) is 57.8. The molecule has 0 aliphatic rings. The molecule has 0 aromatic carbocycles. The number of hydrogen-bond donors (Lipinski definition) is 3. The minimum atomic E-state index is -0.653. The van der Waals surface area contributed by atoms with E-state index in [1.165, 1.54) is 244 Å². The average Bonchev–Trinajstić information content (AvgIpc) is 3.18. The molecule has 0 radical (unpaired) electrons. The third kappa shape index (κ3) is 42.5. The molecule has 0 fully saturated rings. The fraction of sp³-hybridized carbons (Fsp3) is 0.980. The monoisotopic (exact) mass is 764 g/mol. The van der Waals surface area contributed by atoms with Gasteiger partial charge < -0.3 is 15.5 Å². The van der Waals surface area contributed by atoms with Crippen LogP contribution in [0.5, 0.6) is 0 Å². The van der Waals surface area contributed by atoms with E-state index in [-0.39, 0.29) is 12.5 Å². The summed E-state index contributed by atoms with van der Waals surface area (Å²) in [6, 6.07) is -0.530. The zero-order valence-electron chi connectivity index (χ0n) is 37.3. The first-order valence-electron chi connectivity index (χ1n) is 25.2. The van der Waals surface area contributed by atoms with Crippen molar-refractivity contribution in [3.8, 4) is 0 Å². The lowest BCUT2D eigenvalue weighted by Crippen LogP contribution is -2.45. The highest BCUT2D eigenvalue weighted by atomic mass is 16.3. The number of amides is 1. The molecule has 0 spiro atoms. The molecule has 2 atom stereocenters. The van der Waals surface area contributed by atoms with Gasteiger partial charge in [-0.15, -0.1) is 0 Å². The Hall–Kier alpha value is -0.610. The largest absolute Gasteiger partial charge is 0.394 e. The SMILES string of the molecule is CCCCCCCCCCCCCCCCCCCCCCCCCCC(=O)NC(CO)C(O)CCCCCCCCCCCCCCCCCCCC. The van der Waals surface area contributed by atoms with Gasteiger partial charge in [-0.1, -0.05) is 277 Å². The molecule has 1 amide bonds. The normalized spacial score (nSPS) is 12.7. The van der Waals surface area contributed by atoms with Crippen LogP contribution in [0.25, 0.3) is 0 Å². The molecule has 0 aliphatic heterocycles. The molecule has 4 nitrogen and oxygen atoms in total. The highest BCUT2D eigenvalue weighted by Gasteiger charge is 2.20. The average molecular weight is 764 g/mol. The highest BCUT2D eigenvalue weighted by molar-refractivity contribution is 5.76. The van der Waals surface area contributed by atoms with Crippen molar-refractivity contribution in [2.75, 3.05) is 6.61 Å². The Balaban J connectivity index is 3.42. The second kappa shape index (κ2) is 46.8. The topological polar surface area (TPSA) is 69.6 Å². The number of rotatable bonds is 47. The second-order valence-corrected chi connectivity index (χ2v) is 17.6. The van der Waals surface area contributed by atoms with E-state index < -0.39 is 12.1 Å². The molecule has 54 heavy (non-hydrogen) atoms. The van der Waals surface area contributed by atoms with Crippen molar-refractivity contribution in [1.29, 1.82) is 0 Å². The lowest BCUT2D eigenvalue weighted by molar-refractivity contribution is -0.123. The standard InChI is InChI=1S/C50H101NO3/c1-3-5-7-9-11-13-15-17-19-21-23-24-25-26-27-28-30-32-34-36-38-40-42-44-46-50(54)51-48(47-52)49(53)45-43-41-39-37-35-33-31-29-22-20-18-16-14-12-10-8-6-4-2/h48-49,52-53H,3-47H2,1-2H3,(H,51,54). The summed E-state index contributed by atoms with van der Waals surface area (Å²) in [5, 5.41) is 23.3. The first-order valence-corrected chi connectivity index (χ1v) is 25.2. The molecule has 0 aliphatic carbocycles. The van der Waals surface area contributed by atoms with Crippen molar-refractivity contribution in [2.24, 2.45) is 0 Å². The van der Waals surface area contributed by atoms with Crippen molar-refractivity contribution in [2.45, 2.75) is 309 Å². The highest BCUT2D eigenvalue weighted by Crippen LogP contribution is 2.18. The van der Waals surface area contributed by atoms with E-state index in [4.69, 9.17) is 0 Å². The molecular weight excluding hydrogens is 663 g/mol. The van der Waals surface area contributed by atoms with Crippen molar-refractivity contribution in [3.05, 3.63) is 0 Å². The number of aliphatic hydroxyl groups is 2. The van der Waals surface area contributed by atoms with Crippen molar-refractivity contribution < 1.29 is 15.0 Å². The maximum Gasteiger partial charge on any atom is 0.220 e. The van der Waals surface area contributed by atoms with Crippen LogP contribution < -0.4 is 5.32 Å². The summed E-state index contributed by atoms with van der Waals surface area (Å²) in [6.45, 7) is 4.40. The molecule has 2 unspecified atom stereocenters. The first kappa shape index (κ1) is 53.4. The van der Waals surface area contributed by atoms with Gasteiger partial charge in [-0.25, -0.2) is 0 Å². The van der Waals surface area contributed by atoms with Crippen LogP contribution in [-0.4, -0.2) is 34.9 Å². The maximum atomic E-state index is 12.4. The van der Waals surface area contributed by atoms with Gasteiger partial charge in [0.25, 0.3) is 0 Å². The molecule has 0 rings (SSSR count). The van der Waals surface area contributed by atoms with Crippen LogP contribution in [0.15, 0.2) is 0 Å². The summed E-state index contributed by atoms with van der Waals surface area (Å²) in [5.74, 6) is -0.0234. The van der Waals surface area contributed by atoms with Gasteiger partial charge >= 0.3 is 0 Å². The summed E-state index contributed by atoms with van der Waals surface area (Å²) in [7, 11) is 0. The Morgan fingerprint density at radius 3 is 0.833 bits per heavy atom. The van der Waals surface area contributed by atoms with Gasteiger partial charge in [0.1, 0.15) is 0 Å². The quantitative estimate of drug-likeness (QED) is 0.0541. The van der Waals surface area contributed by atoms with E-state index in [0.29, 0.717) is 12.8 Å². The van der Waals surface area contributed by atoms with E-state index in [1.54, 1.807) is 0 Å². The number of aliphatic hydroxyl groups excluding tert-OH is 2. The minimum absolute atomic E-state index is 0.0234. The number of carbonyl (C=O) groups excluding carboxylic acids is 1. The summed E-state index contributed by atoms with van der Waals surface area (Å²) in [4.78, 5) is 12.4. The lowest BCUT2D eigenvalue weighted by atomic mass is 10.0. The van der Waals surface area contributed by atoms with Crippen LogP contribution in [0.3, 0.4) is 0 Å². The summed E-state index contributed by atoms with van der Waals surface area (Å²) >= 11 is 0. The van der Waals surface area contributed by atoms with Crippen LogP contribution in [0.4, 0.5) is 0 Å². The van der Waals surface area contributed by atoms with Crippen molar-refractivity contribution in [3.63, 3.8) is 0 Å². The van der Waals surface area contributed by atoms with Gasteiger partial charge in [-0.05, 0) is 12.8 Å². The van der Waals surface area contributed by atoms with E-state index in [2.05, 4.69) is 19.2 Å². The van der Waals surface area contributed by atoms with Gasteiger partial charge in [0, 0.05) is 6.42 Å². The van der Waals surface area contributed by atoms with Crippen LogP contribution in [-0.2, 0) is 4.79 Å². The van der Waals surface area contributed by atoms with Gasteiger partial charge in [0.05, 0.1) is 18.8 Å². The second-order valence-electron chi connectivity index (χ2n) is 17.6. The van der Waals surface area contributed by atoms with Crippen LogP contribution >= 0.6 is 0 Å². The third-order valence-electron chi connectivity index (χ3n) is 12.1. The van der Waals surface area contributed by atoms with Crippen molar-refractivity contribution in [1.82, 2.24) is 5.32 Å². The Morgan fingerprint density at radius 2 is 0.593 bits per heavy atom. The molecular formula is C50H101NO3. The summed E-state index contributed by atoms with van der Waals surface area (Å²) in [5.41, 5.74) is 0. The number of carbonyl (C=O) groups is 1. The first-order chi connectivity index (χ1) is 26.7. The fourth-order valence-electron chi connectivity index (χ4n) is 8.25. The Labute approximate surface area is 340 Å². The van der Waals surface area contributed by atoms with Gasteiger partial charge in [-0.2, -0.15) is 0 Å². The lowest BCUT2D eigenvalue weighted by Gasteiger charge is -2.22. The smallest absolute Gasteiger partial charge is 0.220 e. The molecule has 0 heterocycles. The Kier molecular flexibility index (Phi) is 46.2. The molecule has 0 saturated heterocycles. The van der Waals surface area contributed by atoms with E-state index >= 15 is 0 Å². The van der Waals surface area contributed by atoms with Crippen LogP contribution in [0.1, 0.15) is 296 Å². The molecule has 3 N–H and O–H groups in total. The van der Waals surface area contributed by atoms with Gasteiger partial charge in [-0.3, -0.25) is 4.79 Å². The third-order valence-corrected chi connectivity index (χ3v) is 12.1. The van der Waals surface area contributed by atoms with E-state index in [1.807, 2.05) is 0 Å². The van der Waals surface area contributed by atoms with Gasteiger partial charge in [0.2, 0.25) is 5.91 Å². The Bertz CT molecular complexity index is 699. The zero-order chi connectivity index (χ0) is 39.3. The molecule has 0 aromatic heterocycles. The van der Waals surface area contributed by atoms with E-state index in [9.17, 15) is 15.0 Å². The van der Waals surface area contributed by atoms with Gasteiger partial charge in [0.15, 0.2) is 0 Å². The van der Waals surface area contributed by atoms with Crippen LogP contribution in [0, 0.1) is 0 Å². The predicted octanol–water partition coefficient (Wildman–Crippen LogP) is 16.0. The number of unbranched alkanes of at least 4 members (excludes halogenated alkanes) is 40. The minimum Gasteiger partial charge on any atom is -0.394 e. The molecule has 0 bridgehead atoms. The molecule has 0 aromatic rings. The summed E-state index contributed by atoms with van der Waals surface area (Å²) < 4.78 is 0. The Morgan fingerprint density at radius 1 is 0.370 bits per heavy atom. The van der Waals surface area contributed by atoms with Crippen molar-refractivity contribution >= 4 is 5.91 Å². The molecule has 0 saturated carbocycles. The van der Waals surface area contributed by atoms with E-state index in [0.717, 1.165) is 25.7 Å². The zero-order valence-corrected chi connectivity index (χ0v) is 37.3. The number of hydrogen-bond acceptors (Lipinski definition) is 3. The maximum absolute atomic E-state index is 12.4. The number of nitrogens with one attached hydrogen (secondary N) is 1. The molecule has 4 heteroatoms. The van der Waals surface area contributed by atoms with Crippen LogP contribution in [0.2, 0.25) is 0 Å². The predicted molar refractivity (Wildman–Crippen MR) is 240 cm³/mol. The fourth-order valence-corrected chi connectivity index (χ4v) is 8.25. The molecule has 324 valence electrons.